The lowest BCUT2D eigenvalue weighted by molar-refractivity contribution is 0.0601. The average molecular weight is 470 g/mol. The highest BCUT2D eigenvalue weighted by atomic mass is 32.1. The van der Waals surface area contributed by atoms with Gasteiger partial charge in [0.2, 0.25) is 0 Å². The third-order valence-electron chi connectivity index (χ3n) is 5.90. The fourth-order valence-electron chi connectivity index (χ4n) is 4.21. The molecule has 2 aromatic carbocycles. The van der Waals surface area contributed by atoms with Crippen molar-refractivity contribution in [2.45, 2.75) is 19.0 Å². The zero-order valence-corrected chi connectivity index (χ0v) is 19.6. The predicted molar refractivity (Wildman–Crippen MR) is 135 cm³/mol. The Morgan fingerprint density at radius 2 is 1.88 bits per heavy atom. The number of hydrogen-bond acceptors (Lipinski definition) is 5. The Kier molecular flexibility index (Phi) is 5.86. The van der Waals surface area contributed by atoms with Gasteiger partial charge in [0.05, 0.1) is 24.4 Å². The van der Waals surface area contributed by atoms with E-state index in [0.717, 1.165) is 22.7 Å². The zero-order chi connectivity index (χ0) is 23.7. The van der Waals surface area contributed by atoms with Crippen LogP contribution < -0.4 is 10.2 Å². The van der Waals surface area contributed by atoms with Crippen LogP contribution in [0.25, 0.3) is 11.3 Å². The van der Waals surface area contributed by atoms with Gasteiger partial charge in [-0.15, -0.1) is 0 Å². The van der Waals surface area contributed by atoms with Crippen molar-refractivity contribution in [1.82, 2.24) is 10.3 Å². The summed E-state index contributed by atoms with van der Waals surface area (Å²) < 4.78 is 11.2. The van der Waals surface area contributed by atoms with Gasteiger partial charge >= 0.3 is 5.97 Å². The summed E-state index contributed by atoms with van der Waals surface area (Å²) >= 11 is 5.76. The Bertz CT molecular complexity index is 1330. The number of esters is 1. The van der Waals surface area contributed by atoms with Crippen LogP contribution in [-0.4, -0.2) is 23.2 Å². The van der Waals surface area contributed by atoms with E-state index >= 15 is 0 Å². The van der Waals surface area contributed by atoms with Crippen molar-refractivity contribution in [2.75, 3.05) is 12.0 Å². The topological polar surface area (TPSA) is 67.6 Å². The average Bonchev–Trinajstić information content (AvgIpc) is 3.49. The summed E-state index contributed by atoms with van der Waals surface area (Å²) in [6.45, 7) is 2.06. The number of hydrogen-bond donors (Lipinski definition) is 1. The third-order valence-corrected chi connectivity index (χ3v) is 6.21. The number of aryl methyl sites for hydroxylation is 1. The van der Waals surface area contributed by atoms with Crippen LogP contribution >= 0.6 is 12.2 Å². The number of thiocarbonyl (C=S) groups is 1. The first-order chi connectivity index (χ1) is 16.5. The lowest BCUT2D eigenvalue weighted by Crippen LogP contribution is -2.29. The first kappa shape index (κ1) is 21.9. The summed E-state index contributed by atoms with van der Waals surface area (Å²) in [6.07, 6.45) is 1.78. The minimum Gasteiger partial charge on any atom is -0.465 e. The number of carbonyl (C=O) groups is 1. The third kappa shape index (κ3) is 4.06. The largest absolute Gasteiger partial charge is 0.465 e. The van der Waals surface area contributed by atoms with Gasteiger partial charge in [0.25, 0.3) is 0 Å². The lowest BCUT2D eigenvalue weighted by Gasteiger charge is -2.26. The number of carbonyl (C=O) groups excluding carboxylic acids is 1. The predicted octanol–water partition coefficient (Wildman–Crippen LogP) is 5.61. The van der Waals surface area contributed by atoms with E-state index < -0.39 is 0 Å². The number of aromatic nitrogens is 1. The molecule has 0 bridgehead atoms. The van der Waals surface area contributed by atoms with E-state index in [-0.39, 0.29) is 18.1 Å². The Morgan fingerprint density at radius 3 is 2.62 bits per heavy atom. The monoisotopic (exact) mass is 469 g/mol. The van der Waals surface area contributed by atoms with Crippen LogP contribution in [0.1, 0.15) is 39.5 Å². The Labute approximate surface area is 203 Å². The maximum Gasteiger partial charge on any atom is 0.337 e. The van der Waals surface area contributed by atoms with Crippen LogP contribution in [-0.2, 0) is 4.74 Å². The van der Waals surface area contributed by atoms with Gasteiger partial charge in [-0.05, 0) is 67.7 Å². The fourth-order valence-corrected chi connectivity index (χ4v) is 4.56. The molecule has 7 heteroatoms. The molecule has 0 amide bonds. The van der Waals surface area contributed by atoms with Gasteiger partial charge < -0.3 is 19.4 Å². The maximum atomic E-state index is 12.0. The van der Waals surface area contributed by atoms with E-state index in [1.807, 2.05) is 42.5 Å². The number of ether oxygens (including phenoxy) is 1. The van der Waals surface area contributed by atoms with Crippen molar-refractivity contribution in [1.29, 1.82) is 0 Å². The summed E-state index contributed by atoms with van der Waals surface area (Å²) in [5.41, 5.74) is 4.27. The maximum absolute atomic E-state index is 12.0. The highest BCUT2D eigenvalue weighted by molar-refractivity contribution is 7.80. The number of nitrogens with zero attached hydrogens (tertiary/aromatic N) is 2. The van der Waals surface area contributed by atoms with Gasteiger partial charge in [-0.1, -0.05) is 35.9 Å². The number of methoxy groups -OCH3 is 1. The minimum absolute atomic E-state index is 0.199. The standard InChI is InChI=1S/C27H23N3O3S/c1-17-9-11-20(12-10-17)30-25(24(29-27(30)34)21-8-3-4-15-28-21)23-14-13-22(33-23)18-6-5-7-19(16-18)26(31)32-2/h3-16,24-25H,1-2H3,(H,29,34)/t24-,25-/m0/s1. The zero-order valence-electron chi connectivity index (χ0n) is 18.8. The van der Waals surface area contributed by atoms with Crippen molar-refractivity contribution in [2.24, 2.45) is 0 Å². The van der Waals surface area contributed by atoms with Crippen LogP contribution in [0.5, 0.6) is 0 Å². The second-order valence-corrected chi connectivity index (χ2v) is 8.49. The van der Waals surface area contributed by atoms with Crippen LogP contribution in [0.15, 0.2) is 89.5 Å². The smallest absolute Gasteiger partial charge is 0.337 e. The van der Waals surface area contributed by atoms with E-state index in [2.05, 4.69) is 46.4 Å². The number of benzene rings is 2. The molecule has 1 fully saturated rings. The van der Waals surface area contributed by atoms with Gasteiger partial charge in [-0.3, -0.25) is 4.98 Å². The second-order valence-electron chi connectivity index (χ2n) is 8.11. The number of rotatable bonds is 5. The summed E-state index contributed by atoms with van der Waals surface area (Å²) in [6, 6.07) is 24.7. The van der Waals surface area contributed by atoms with Crippen molar-refractivity contribution in [3.05, 3.63) is 108 Å². The van der Waals surface area contributed by atoms with Crippen molar-refractivity contribution >= 4 is 29.0 Å². The molecular weight excluding hydrogens is 446 g/mol. The lowest BCUT2D eigenvalue weighted by atomic mass is 10.0. The second kappa shape index (κ2) is 9.11. The first-order valence-corrected chi connectivity index (χ1v) is 11.3. The summed E-state index contributed by atoms with van der Waals surface area (Å²) in [5, 5.41) is 4.04. The summed E-state index contributed by atoms with van der Waals surface area (Å²) in [7, 11) is 1.37. The molecule has 0 unspecified atom stereocenters. The molecule has 5 rings (SSSR count). The quantitative estimate of drug-likeness (QED) is 0.301. The molecule has 6 nitrogen and oxygen atoms in total. The van der Waals surface area contributed by atoms with Crippen LogP contribution in [0, 0.1) is 6.92 Å². The molecule has 3 heterocycles. The highest BCUT2D eigenvalue weighted by Crippen LogP contribution is 2.43. The van der Waals surface area contributed by atoms with Gasteiger partial charge in [-0.25, -0.2) is 4.79 Å². The molecule has 1 N–H and O–H groups in total. The number of nitrogens with one attached hydrogen (secondary N) is 1. The molecule has 1 aliphatic rings. The normalized spacial score (nSPS) is 17.5. The molecule has 0 saturated carbocycles. The van der Waals surface area contributed by atoms with Gasteiger partial charge in [0.1, 0.15) is 17.6 Å². The number of anilines is 1. The van der Waals surface area contributed by atoms with Gasteiger partial charge in [0.15, 0.2) is 5.11 Å². The van der Waals surface area contributed by atoms with E-state index in [0.29, 0.717) is 16.4 Å². The van der Waals surface area contributed by atoms with Crippen LogP contribution in [0.3, 0.4) is 0 Å². The summed E-state index contributed by atoms with van der Waals surface area (Å²) in [4.78, 5) is 18.6. The van der Waals surface area contributed by atoms with Gasteiger partial charge in [-0.2, -0.15) is 0 Å². The first-order valence-electron chi connectivity index (χ1n) is 10.9. The van der Waals surface area contributed by atoms with Gasteiger partial charge in [0, 0.05) is 17.4 Å². The molecular formula is C27H23N3O3S. The molecule has 0 radical (unpaired) electrons. The molecule has 1 saturated heterocycles. The van der Waals surface area contributed by atoms with E-state index in [9.17, 15) is 4.79 Å². The number of furan rings is 1. The van der Waals surface area contributed by atoms with Crippen molar-refractivity contribution in [3.8, 4) is 11.3 Å². The molecule has 34 heavy (non-hydrogen) atoms. The Morgan fingerprint density at radius 1 is 1.06 bits per heavy atom. The van der Waals surface area contributed by atoms with Crippen LogP contribution in [0.2, 0.25) is 0 Å². The molecule has 0 spiro atoms. The Balaban J connectivity index is 1.57. The van der Waals surface area contributed by atoms with E-state index in [4.69, 9.17) is 21.4 Å². The molecule has 0 aliphatic carbocycles. The Hall–Kier alpha value is -3.97. The van der Waals surface area contributed by atoms with E-state index in [1.165, 1.54) is 12.7 Å². The highest BCUT2D eigenvalue weighted by Gasteiger charge is 2.42. The molecule has 2 aromatic heterocycles. The molecule has 1 aliphatic heterocycles. The SMILES string of the molecule is COC(=O)c1cccc(-c2ccc([C@H]3[C@H](c4ccccn4)NC(=S)N3c3ccc(C)cc3)o2)c1. The minimum atomic E-state index is -0.389. The summed E-state index contributed by atoms with van der Waals surface area (Å²) in [5.74, 6) is 1.00. The van der Waals surface area contributed by atoms with Crippen LogP contribution in [0.4, 0.5) is 5.69 Å². The van der Waals surface area contributed by atoms with E-state index in [1.54, 1.807) is 18.3 Å². The van der Waals surface area contributed by atoms with Crippen molar-refractivity contribution in [3.63, 3.8) is 0 Å². The molecule has 2 atom stereocenters. The fraction of sp³-hybridized carbons (Fsp3) is 0.148. The number of pyridine rings is 1. The molecule has 4 aromatic rings. The van der Waals surface area contributed by atoms with Crippen molar-refractivity contribution < 1.29 is 13.9 Å². The molecule has 170 valence electrons.